The van der Waals surface area contributed by atoms with E-state index in [4.69, 9.17) is 4.74 Å². The molecule has 0 saturated carbocycles. The maximum Gasteiger partial charge on any atom is 0.266 e. The van der Waals surface area contributed by atoms with Gasteiger partial charge in [-0.05, 0) is 24.3 Å². The van der Waals surface area contributed by atoms with E-state index < -0.39 is 0 Å². The number of H-pyrrole nitrogens is 1. The Balaban J connectivity index is 1.85. The van der Waals surface area contributed by atoms with Gasteiger partial charge in [-0.2, -0.15) is 5.10 Å². The minimum absolute atomic E-state index is 0.354. The molecule has 0 atom stereocenters. The molecule has 2 aromatic carbocycles. The molecule has 1 aliphatic heterocycles. The number of fused-ring (bicyclic) bond motifs is 1. The summed E-state index contributed by atoms with van der Waals surface area (Å²) >= 11 is 0. The number of carbonyl (C=O) groups excluding carboxylic acids is 2. The van der Waals surface area contributed by atoms with Crippen molar-refractivity contribution >= 4 is 17.5 Å². The third-order valence-corrected chi connectivity index (χ3v) is 4.03. The average Bonchev–Trinajstić information content (AvgIpc) is 3.19. The average molecular weight is 319 g/mol. The van der Waals surface area contributed by atoms with Crippen LogP contribution in [0.3, 0.4) is 0 Å². The van der Waals surface area contributed by atoms with Crippen LogP contribution in [-0.4, -0.2) is 29.1 Å². The second-order valence-electron chi connectivity index (χ2n) is 5.32. The molecule has 24 heavy (non-hydrogen) atoms. The van der Waals surface area contributed by atoms with E-state index in [1.165, 1.54) is 6.20 Å². The molecule has 1 aromatic heterocycles. The van der Waals surface area contributed by atoms with Crippen LogP contribution in [0.15, 0.2) is 54.7 Å². The molecule has 0 fully saturated rings. The third kappa shape index (κ3) is 1.93. The number of nitrogens with one attached hydrogen (secondary N) is 1. The summed E-state index contributed by atoms with van der Waals surface area (Å²) in [5, 5.41) is 6.89. The number of para-hydroxylation sites is 1. The quantitative estimate of drug-likeness (QED) is 0.753. The standard InChI is InChI=1S/C18H13N3O3/c1-24-15-9-5-4-8-13(15)16-14(10-19-20-16)21-17(22)11-6-2-3-7-12(11)18(21)23/h2-10H,1H3,(H,19,20). The van der Waals surface area contributed by atoms with Gasteiger partial charge in [0.15, 0.2) is 0 Å². The molecule has 1 aliphatic rings. The Morgan fingerprint density at radius 1 is 0.917 bits per heavy atom. The summed E-state index contributed by atoms with van der Waals surface area (Å²) in [5.41, 5.74) is 2.49. The number of benzene rings is 2. The number of amides is 2. The third-order valence-electron chi connectivity index (χ3n) is 4.03. The smallest absolute Gasteiger partial charge is 0.266 e. The molecule has 0 unspecified atom stereocenters. The lowest BCUT2D eigenvalue weighted by Crippen LogP contribution is -2.29. The summed E-state index contributed by atoms with van der Waals surface area (Å²) in [4.78, 5) is 26.5. The normalized spacial score (nSPS) is 13.3. The molecule has 0 spiro atoms. The van der Waals surface area contributed by atoms with Crippen LogP contribution < -0.4 is 9.64 Å². The van der Waals surface area contributed by atoms with E-state index in [0.29, 0.717) is 28.3 Å². The summed E-state index contributed by atoms with van der Waals surface area (Å²) in [6, 6.07) is 14.1. The summed E-state index contributed by atoms with van der Waals surface area (Å²) < 4.78 is 5.37. The van der Waals surface area contributed by atoms with Crippen LogP contribution in [0.2, 0.25) is 0 Å². The maximum absolute atomic E-state index is 12.7. The summed E-state index contributed by atoms with van der Waals surface area (Å²) in [7, 11) is 1.57. The first-order valence-corrected chi connectivity index (χ1v) is 7.37. The second kappa shape index (κ2) is 5.34. The Kier molecular flexibility index (Phi) is 3.16. The molecule has 0 aliphatic carbocycles. The van der Waals surface area contributed by atoms with Gasteiger partial charge in [-0.3, -0.25) is 14.7 Å². The topological polar surface area (TPSA) is 75.3 Å². The van der Waals surface area contributed by atoms with E-state index in [2.05, 4.69) is 10.2 Å². The van der Waals surface area contributed by atoms with E-state index in [1.54, 1.807) is 31.4 Å². The first-order chi connectivity index (χ1) is 11.7. The molecule has 0 bridgehead atoms. The highest BCUT2D eigenvalue weighted by molar-refractivity contribution is 6.35. The van der Waals surface area contributed by atoms with Crippen LogP contribution >= 0.6 is 0 Å². The van der Waals surface area contributed by atoms with Gasteiger partial charge in [-0.25, -0.2) is 4.90 Å². The number of imide groups is 1. The molecule has 6 heteroatoms. The number of nitrogens with zero attached hydrogens (tertiary/aromatic N) is 2. The fourth-order valence-corrected chi connectivity index (χ4v) is 2.91. The van der Waals surface area contributed by atoms with Gasteiger partial charge in [0.05, 0.1) is 35.8 Å². The van der Waals surface area contributed by atoms with Crippen molar-refractivity contribution in [1.29, 1.82) is 0 Å². The molecule has 0 radical (unpaired) electrons. The molecule has 0 saturated heterocycles. The van der Waals surface area contributed by atoms with Crippen molar-refractivity contribution in [2.75, 3.05) is 12.0 Å². The number of hydrogen-bond donors (Lipinski definition) is 1. The van der Waals surface area contributed by atoms with Crippen LogP contribution in [0.1, 0.15) is 20.7 Å². The predicted molar refractivity (Wildman–Crippen MR) is 88.2 cm³/mol. The monoisotopic (exact) mass is 319 g/mol. The number of carbonyl (C=O) groups is 2. The highest BCUT2D eigenvalue weighted by atomic mass is 16.5. The van der Waals surface area contributed by atoms with Crippen molar-refractivity contribution in [3.63, 3.8) is 0 Å². The zero-order valence-electron chi connectivity index (χ0n) is 12.8. The van der Waals surface area contributed by atoms with Crippen molar-refractivity contribution in [1.82, 2.24) is 10.2 Å². The molecular weight excluding hydrogens is 306 g/mol. The molecule has 3 aromatic rings. The van der Waals surface area contributed by atoms with E-state index in [1.807, 2.05) is 24.3 Å². The van der Waals surface area contributed by atoms with Crippen LogP contribution in [-0.2, 0) is 0 Å². The first-order valence-electron chi connectivity index (χ1n) is 7.37. The lowest BCUT2D eigenvalue weighted by molar-refractivity contribution is 0.0926. The molecule has 2 amide bonds. The number of aromatic nitrogens is 2. The van der Waals surface area contributed by atoms with Gasteiger partial charge in [0, 0.05) is 5.56 Å². The Bertz CT molecular complexity index is 926. The number of rotatable bonds is 3. The molecule has 2 heterocycles. The zero-order chi connectivity index (χ0) is 16.7. The molecular formula is C18H13N3O3. The minimum atomic E-state index is -0.354. The van der Waals surface area contributed by atoms with Gasteiger partial charge in [0.25, 0.3) is 11.8 Å². The lowest BCUT2D eigenvalue weighted by atomic mass is 10.1. The Hall–Kier alpha value is -3.41. The minimum Gasteiger partial charge on any atom is -0.496 e. The first kappa shape index (κ1) is 14.2. The highest BCUT2D eigenvalue weighted by Gasteiger charge is 2.38. The Morgan fingerprint density at radius 3 is 2.12 bits per heavy atom. The number of anilines is 1. The van der Waals surface area contributed by atoms with Crippen molar-refractivity contribution in [2.24, 2.45) is 0 Å². The van der Waals surface area contributed by atoms with Gasteiger partial charge in [-0.1, -0.05) is 24.3 Å². The number of aromatic amines is 1. The second-order valence-corrected chi connectivity index (χ2v) is 5.32. The number of methoxy groups -OCH3 is 1. The van der Waals surface area contributed by atoms with E-state index in [0.717, 1.165) is 10.5 Å². The fourth-order valence-electron chi connectivity index (χ4n) is 2.91. The summed E-state index contributed by atoms with van der Waals surface area (Å²) in [5.74, 6) is -0.0825. The maximum atomic E-state index is 12.7. The lowest BCUT2D eigenvalue weighted by Gasteiger charge is -2.15. The van der Waals surface area contributed by atoms with Crippen LogP contribution in [0.4, 0.5) is 5.69 Å². The van der Waals surface area contributed by atoms with E-state index >= 15 is 0 Å². The molecule has 4 rings (SSSR count). The van der Waals surface area contributed by atoms with Gasteiger partial charge >= 0.3 is 0 Å². The Morgan fingerprint density at radius 2 is 1.50 bits per heavy atom. The van der Waals surface area contributed by atoms with Crippen LogP contribution in [0.25, 0.3) is 11.3 Å². The highest BCUT2D eigenvalue weighted by Crippen LogP contribution is 2.38. The van der Waals surface area contributed by atoms with Crippen molar-refractivity contribution < 1.29 is 14.3 Å². The van der Waals surface area contributed by atoms with Crippen LogP contribution in [0, 0.1) is 0 Å². The van der Waals surface area contributed by atoms with E-state index in [-0.39, 0.29) is 11.8 Å². The summed E-state index contributed by atoms with van der Waals surface area (Å²) in [6.45, 7) is 0. The van der Waals surface area contributed by atoms with Gasteiger partial charge in [-0.15, -0.1) is 0 Å². The van der Waals surface area contributed by atoms with Gasteiger partial charge in [0.2, 0.25) is 0 Å². The van der Waals surface area contributed by atoms with Crippen LogP contribution in [0.5, 0.6) is 5.75 Å². The number of hydrogen-bond acceptors (Lipinski definition) is 4. The largest absolute Gasteiger partial charge is 0.496 e. The predicted octanol–water partition coefficient (Wildman–Crippen LogP) is 2.89. The van der Waals surface area contributed by atoms with Gasteiger partial charge < -0.3 is 4.74 Å². The van der Waals surface area contributed by atoms with Crippen molar-refractivity contribution in [2.45, 2.75) is 0 Å². The van der Waals surface area contributed by atoms with Crippen molar-refractivity contribution in [3.8, 4) is 17.0 Å². The summed E-state index contributed by atoms with van der Waals surface area (Å²) in [6.07, 6.45) is 1.48. The Labute approximate surface area is 137 Å². The number of ether oxygens (including phenoxy) is 1. The fraction of sp³-hybridized carbons (Fsp3) is 0.0556. The molecule has 6 nitrogen and oxygen atoms in total. The zero-order valence-corrected chi connectivity index (χ0v) is 12.8. The van der Waals surface area contributed by atoms with E-state index in [9.17, 15) is 9.59 Å². The van der Waals surface area contributed by atoms with Gasteiger partial charge in [0.1, 0.15) is 5.75 Å². The molecule has 1 N–H and O–H groups in total. The van der Waals surface area contributed by atoms with Crippen molar-refractivity contribution in [3.05, 3.63) is 65.9 Å². The SMILES string of the molecule is COc1ccccc1-c1[nH]ncc1N1C(=O)c2ccccc2C1=O. The molecule has 118 valence electrons.